The second-order valence-electron chi connectivity index (χ2n) is 7.12. The molecule has 0 saturated carbocycles. The van der Waals surface area contributed by atoms with Crippen molar-refractivity contribution in [3.8, 4) is 5.69 Å². The SMILES string of the molecule is Cc1cccc(N2CCN(C(=O)c3c(C)nn(-c4ccccc4)c3Cl)CC2)c1. The lowest BCUT2D eigenvalue weighted by Crippen LogP contribution is -2.49. The molecule has 1 aliphatic rings. The summed E-state index contributed by atoms with van der Waals surface area (Å²) in [5.74, 6) is -0.0476. The Labute approximate surface area is 170 Å². The molecule has 4 rings (SSSR count). The van der Waals surface area contributed by atoms with Gasteiger partial charge in [0.25, 0.3) is 5.91 Å². The largest absolute Gasteiger partial charge is 0.368 e. The van der Waals surface area contributed by atoms with Gasteiger partial charge in [0.15, 0.2) is 0 Å². The lowest BCUT2D eigenvalue weighted by molar-refractivity contribution is 0.0746. The number of benzene rings is 2. The molecule has 0 N–H and O–H groups in total. The molecule has 1 fully saturated rings. The number of halogens is 1. The van der Waals surface area contributed by atoms with Crippen molar-refractivity contribution < 1.29 is 4.79 Å². The molecule has 6 heteroatoms. The van der Waals surface area contributed by atoms with E-state index in [2.05, 4.69) is 41.2 Å². The highest BCUT2D eigenvalue weighted by atomic mass is 35.5. The van der Waals surface area contributed by atoms with Crippen molar-refractivity contribution in [3.63, 3.8) is 0 Å². The number of para-hydroxylation sites is 1. The van der Waals surface area contributed by atoms with Gasteiger partial charge in [0, 0.05) is 31.9 Å². The molecule has 0 spiro atoms. The highest BCUT2D eigenvalue weighted by molar-refractivity contribution is 6.33. The van der Waals surface area contributed by atoms with Crippen molar-refractivity contribution in [2.45, 2.75) is 13.8 Å². The number of carbonyl (C=O) groups excluding carboxylic acids is 1. The minimum Gasteiger partial charge on any atom is -0.368 e. The minimum atomic E-state index is -0.0476. The smallest absolute Gasteiger partial charge is 0.259 e. The van der Waals surface area contributed by atoms with Crippen molar-refractivity contribution >= 4 is 23.2 Å². The number of hydrogen-bond donors (Lipinski definition) is 0. The van der Waals surface area contributed by atoms with E-state index >= 15 is 0 Å². The van der Waals surface area contributed by atoms with E-state index in [9.17, 15) is 4.79 Å². The fourth-order valence-corrected chi connectivity index (χ4v) is 3.99. The van der Waals surface area contributed by atoms with Crippen molar-refractivity contribution in [2.75, 3.05) is 31.1 Å². The van der Waals surface area contributed by atoms with Gasteiger partial charge in [-0.05, 0) is 43.7 Å². The monoisotopic (exact) mass is 394 g/mol. The Morgan fingerprint density at radius 1 is 0.929 bits per heavy atom. The normalized spacial score (nSPS) is 14.4. The summed E-state index contributed by atoms with van der Waals surface area (Å²) in [5, 5.41) is 4.87. The maximum absolute atomic E-state index is 13.2. The Kier molecular flexibility index (Phi) is 5.09. The van der Waals surface area contributed by atoms with E-state index in [-0.39, 0.29) is 5.91 Å². The first-order valence-corrected chi connectivity index (χ1v) is 9.84. The Bertz CT molecular complexity index is 991. The quantitative estimate of drug-likeness (QED) is 0.671. The molecule has 1 aliphatic heterocycles. The molecule has 5 nitrogen and oxygen atoms in total. The van der Waals surface area contributed by atoms with Crippen molar-refractivity contribution in [3.05, 3.63) is 76.6 Å². The van der Waals surface area contributed by atoms with Crippen LogP contribution in [0.5, 0.6) is 0 Å². The molecule has 2 heterocycles. The first-order valence-electron chi connectivity index (χ1n) is 9.46. The van der Waals surface area contributed by atoms with Gasteiger partial charge in [-0.1, -0.05) is 41.9 Å². The summed E-state index contributed by atoms with van der Waals surface area (Å²) < 4.78 is 1.63. The summed E-state index contributed by atoms with van der Waals surface area (Å²) in [6, 6.07) is 18.1. The zero-order valence-electron chi connectivity index (χ0n) is 16.1. The Hall–Kier alpha value is -2.79. The van der Waals surface area contributed by atoms with Crippen molar-refractivity contribution in [1.82, 2.24) is 14.7 Å². The summed E-state index contributed by atoms with van der Waals surface area (Å²) in [6.45, 7) is 6.87. The molecule has 0 unspecified atom stereocenters. The van der Waals surface area contributed by atoms with Gasteiger partial charge in [-0.15, -0.1) is 0 Å². The number of hydrogen-bond acceptors (Lipinski definition) is 3. The number of carbonyl (C=O) groups is 1. The summed E-state index contributed by atoms with van der Waals surface area (Å²) >= 11 is 6.56. The fraction of sp³-hybridized carbons (Fsp3) is 0.273. The first-order chi connectivity index (χ1) is 13.5. The average molecular weight is 395 g/mol. The predicted molar refractivity (Wildman–Crippen MR) is 113 cm³/mol. The topological polar surface area (TPSA) is 41.4 Å². The molecule has 3 aromatic rings. The van der Waals surface area contributed by atoms with Crippen LogP contribution in [0.15, 0.2) is 54.6 Å². The molecule has 0 radical (unpaired) electrons. The number of aryl methyl sites for hydroxylation is 2. The third kappa shape index (κ3) is 3.50. The predicted octanol–water partition coefficient (Wildman–Crippen LogP) is 4.10. The lowest BCUT2D eigenvalue weighted by Gasteiger charge is -2.36. The zero-order chi connectivity index (χ0) is 19.7. The molecule has 1 aromatic heterocycles. The summed E-state index contributed by atoms with van der Waals surface area (Å²) in [5.41, 5.74) is 4.44. The van der Waals surface area contributed by atoms with Gasteiger partial charge >= 0.3 is 0 Å². The number of amides is 1. The Morgan fingerprint density at radius 2 is 1.61 bits per heavy atom. The van der Waals surface area contributed by atoms with Gasteiger partial charge in [0.05, 0.1) is 16.9 Å². The fourth-order valence-electron chi connectivity index (χ4n) is 3.63. The van der Waals surface area contributed by atoms with Gasteiger partial charge in [0.1, 0.15) is 5.15 Å². The average Bonchev–Trinajstić information content (AvgIpc) is 3.02. The summed E-state index contributed by atoms with van der Waals surface area (Å²) in [6.07, 6.45) is 0. The van der Waals surface area contributed by atoms with Gasteiger partial charge in [-0.3, -0.25) is 4.79 Å². The van der Waals surface area contributed by atoms with E-state index in [1.807, 2.05) is 42.2 Å². The third-order valence-electron chi connectivity index (χ3n) is 5.15. The van der Waals surface area contributed by atoms with Gasteiger partial charge in [0.2, 0.25) is 0 Å². The standard InChI is InChI=1S/C22H23ClN4O/c1-16-7-6-10-19(15-16)25-11-13-26(14-12-25)22(28)20-17(2)24-27(21(20)23)18-8-4-3-5-9-18/h3-10,15H,11-14H2,1-2H3. The maximum atomic E-state index is 13.2. The molecular formula is C22H23ClN4O. The van der Waals surface area contributed by atoms with Crippen LogP contribution >= 0.6 is 11.6 Å². The van der Waals surface area contributed by atoms with Crippen LogP contribution in [0.4, 0.5) is 5.69 Å². The highest BCUT2D eigenvalue weighted by Crippen LogP contribution is 2.26. The van der Waals surface area contributed by atoms with Crippen molar-refractivity contribution in [2.24, 2.45) is 0 Å². The van der Waals surface area contributed by atoms with E-state index < -0.39 is 0 Å². The molecule has 1 saturated heterocycles. The van der Waals surface area contributed by atoms with E-state index in [1.165, 1.54) is 11.3 Å². The van der Waals surface area contributed by atoms with Crippen LogP contribution in [0.1, 0.15) is 21.6 Å². The van der Waals surface area contributed by atoms with Crippen LogP contribution in [-0.4, -0.2) is 46.8 Å². The van der Waals surface area contributed by atoms with Gasteiger partial charge in [-0.25, -0.2) is 4.68 Å². The third-order valence-corrected chi connectivity index (χ3v) is 5.50. The van der Waals surface area contributed by atoms with Crippen LogP contribution in [0.3, 0.4) is 0 Å². The van der Waals surface area contributed by atoms with E-state index in [0.29, 0.717) is 29.5 Å². The summed E-state index contributed by atoms with van der Waals surface area (Å²) in [4.78, 5) is 17.3. The maximum Gasteiger partial charge on any atom is 0.259 e. The summed E-state index contributed by atoms with van der Waals surface area (Å²) in [7, 11) is 0. The Morgan fingerprint density at radius 3 is 2.29 bits per heavy atom. The molecule has 28 heavy (non-hydrogen) atoms. The van der Waals surface area contributed by atoms with Gasteiger partial charge in [-0.2, -0.15) is 5.10 Å². The number of anilines is 1. The molecule has 0 aliphatic carbocycles. The molecule has 144 valence electrons. The number of aromatic nitrogens is 2. The Balaban J connectivity index is 1.51. The number of nitrogens with zero attached hydrogens (tertiary/aromatic N) is 4. The molecule has 0 atom stereocenters. The van der Waals surface area contributed by atoms with Crippen LogP contribution in [-0.2, 0) is 0 Å². The molecular weight excluding hydrogens is 372 g/mol. The lowest BCUT2D eigenvalue weighted by atomic mass is 10.1. The number of rotatable bonds is 3. The van der Waals surface area contributed by atoms with Crippen LogP contribution in [0.2, 0.25) is 5.15 Å². The highest BCUT2D eigenvalue weighted by Gasteiger charge is 2.28. The second-order valence-corrected chi connectivity index (χ2v) is 7.47. The van der Waals surface area contributed by atoms with Crippen LogP contribution in [0.25, 0.3) is 5.69 Å². The molecule has 2 aromatic carbocycles. The van der Waals surface area contributed by atoms with E-state index in [0.717, 1.165) is 18.8 Å². The zero-order valence-corrected chi connectivity index (χ0v) is 16.9. The van der Waals surface area contributed by atoms with Crippen LogP contribution in [0, 0.1) is 13.8 Å². The van der Waals surface area contributed by atoms with Gasteiger partial charge < -0.3 is 9.80 Å². The molecule has 0 bridgehead atoms. The minimum absolute atomic E-state index is 0.0476. The number of piperazine rings is 1. The van der Waals surface area contributed by atoms with E-state index in [1.54, 1.807) is 4.68 Å². The van der Waals surface area contributed by atoms with E-state index in [4.69, 9.17) is 11.6 Å². The van der Waals surface area contributed by atoms with Crippen molar-refractivity contribution in [1.29, 1.82) is 0 Å². The second kappa shape index (κ2) is 7.68. The first kappa shape index (κ1) is 18.6. The molecule has 1 amide bonds. The van der Waals surface area contributed by atoms with Crippen LogP contribution < -0.4 is 4.90 Å².